The number of quaternary nitrogens is 1. The largest absolute Gasteiger partial charge is 0.366 e. The molecular formula is C17H26N3O2+. The lowest BCUT2D eigenvalue weighted by Crippen LogP contribution is -2.96. The number of amides is 2. The van der Waals surface area contributed by atoms with Crippen molar-refractivity contribution in [2.45, 2.75) is 57.5 Å². The van der Waals surface area contributed by atoms with E-state index in [9.17, 15) is 9.59 Å². The van der Waals surface area contributed by atoms with Crippen molar-refractivity contribution in [3.05, 3.63) is 29.8 Å². The number of nitrogens with one attached hydrogen (secondary N) is 1. The van der Waals surface area contributed by atoms with Crippen LogP contribution in [0.5, 0.6) is 0 Å². The van der Waals surface area contributed by atoms with Crippen molar-refractivity contribution in [1.82, 2.24) is 0 Å². The standard InChI is InChI=1S/C17H25N3O2/c1-12(19-14-6-4-2-3-5-7-14)17(22)20-15-10-8-13(9-11-15)16(18)21/h8-12,14,19H,2-7H2,1H3,(H2,18,21)(H,20,22)/p+1/t12-/m1/s1. The molecule has 1 aromatic carbocycles. The zero-order chi connectivity index (χ0) is 15.9. The van der Waals surface area contributed by atoms with Crippen molar-refractivity contribution >= 4 is 17.5 Å². The van der Waals surface area contributed by atoms with E-state index in [1.807, 2.05) is 6.92 Å². The molecule has 0 radical (unpaired) electrons. The van der Waals surface area contributed by atoms with Gasteiger partial charge in [-0.1, -0.05) is 12.8 Å². The molecular weight excluding hydrogens is 278 g/mol. The lowest BCUT2D eigenvalue weighted by molar-refractivity contribution is -0.707. The van der Waals surface area contributed by atoms with Crippen molar-refractivity contribution in [3.8, 4) is 0 Å². The predicted octanol–water partition coefficient (Wildman–Crippen LogP) is 1.40. The number of carbonyl (C=O) groups is 2. The van der Waals surface area contributed by atoms with Crippen LogP contribution in [-0.2, 0) is 4.79 Å². The van der Waals surface area contributed by atoms with E-state index >= 15 is 0 Å². The molecule has 1 aromatic rings. The summed E-state index contributed by atoms with van der Waals surface area (Å²) in [5, 5.41) is 5.08. The molecule has 0 saturated heterocycles. The molecule has 0 bridgehead atoms. The Hall–Kier alpha value is -1.88. The minimum absolute atomic E-state index is 0.00364. The van der Waals surface area contributed by atoms with Crippen LogP contribution < -0.4 is 16.4 Å². The van der Waals surface area contributed by atoms with Crippen LogP contribution in [0.2, 0.25) is 0 Å². The first-order chi connectivity index (χ1) is 10.6. The van der Waals surface area contributed by atoms with Crippen molar-refractivity contribution in [2.75, 3.05) is 5.32 Å². The van der Waals surface area contributed by atoms with Crippen LogP contribution in [0, 0.1) is 0 Å². The molecule has 0 aromatic heterocycles. The van der Waals surface area contributed by atoms with Gasteiger partial charge in [0, 0.05) is 11.3 Å². The second-order valence-corrected chi connectivity index (χ2v) is 6.16. The van der Waals surface area contributed by atoms with E-state index < -0.39 is 5.91 Å². The molecule has 0 heterocycles. The topological polar surface area (TPSA) is 88.8 Å². The summed E-state index contributed by atoms with van der Waals surface area (Å²) in [4.78, 5) is 23.3. The van der Waals surface area contributed by atoms with Crippen LogP contribution >= 0.6 is 0 Å². The lowest BCUT2D eigenvalue weighted by atomic mass is 10.1. The summed E-state index contributed by atoms with van der Waals surface area (Å²) in [6.45, 7) is 1.94. The summed E-state index contributed by atoms with van der Waals surface area (Å²) in [6, 6.07) is 7.10. The number of hydrogen-bond donors (Lipinski definition) is 3. The molecule has 0 spiro atoms. The highest BCUT2D eigenvalue weighted by Crippen LogP contribution is 2.15. The molecule has 2 rings (SSSR count). The Labute approximate surface area is 131 Å². The molecule has 22 heavy (non-hydrogen) atoms. The minimum atomic E-state index is -0.465. The van der Waals surface area contributed by atoms with Crippen molar-refractivity contribution in [3.63, 3.8) is 0 Å². The van der Waals surface area contributed by atoms with Gasteiger partial charge >= 0.3 is 0 Å². The fourth-order valence-electron chi connectivity index (χ4n) is 2.97. The molecule has 1 saturated carbocycles. The van der Waals surface area contributed by atoms with Crippen molar-refractivity contribution in [2.24, 2.45) is 5.73 Å². The maximum absolute atomic E-state index is 12.3. The van der Waals surface area contributed by atoms with E-state index in [0.29, 0.717) is 17.3 Å². The summed E-state index contributed by atoms with van der Waals surface area (Å²) in [5.41, 5.74) is 6.33. The Morgan fingerprint density at radius 3 is 2.27 bits per heavy atom. The summed E-state index contributed by atoms with van der Waals surface area (Å²) in [6.07, 6.45) is 7.57. The van der Waals surface area contributed by atoms with Gasteiger partial charge in [0.1, 0.15) is 0 Å². The molecule has 5 heteroatoms. The smallest absolute Gasteiger partial charge is 0.282 e. The number of hydrogen-bond acceptors (Lipinski definition) is 2. The monoisotopic (exact) mass is 304 g/mol. The Balaban J connectivity index is 1.86. The summed E-state index contributed by atoms with van der Waals surface area (Å²) in [5.74, 6) is -0.469. The highest BCUT2D eigenvalue weighted by atomic mass is 16.2. The third-order valence-corrected chi connectivity index (χ3v) is 4.31. The normalized spacial score (nSPS) is 17.5. The highest BCUT2D eigenvalue weighted by Gasteiger charge is 2.22. The quantitative estimate of drug-likeness (QED) is 0.718. The fraction of sp³-hybridized carbons (Fsp3) is 0.529. The lowest BCUT2D eigenvalue weighted by Gasteiger charge is -2.18. The zero-order valence-electron chi connectivity index (χ0n) is 13.2. The predicted molar refractivity (Wildman–Crippen MR) is 86.5 cm³/mol. The van der Waals surface area contributed by atoms with E-state index in [1.165, 1.54) is 38.5 Å². The van der Waals surface area contributed by atoms with Gasteiger partial charge in [-0.15, -0.1) is 0 Å². The third-order valence-electron chi connectivity index (χ3n) is 4.31. The van der Waals surface area contributed by atoms with E-state index in [1.54, 1.807) is 24.3 Å². The zero-order valence-corrected chi connectivity index (χ0v) is 13.2. The van der Waals surface area contributed by atoms with Crippen LogP contribution in [0.1, 0.15) is 55.8 Å². The van der Waals surface area contributed by atoms with E-state index in [2.05, 4.69) is 10.6 Å². The van der Waals surface area contributed by atoms with Crippen LogP contribution in [0.3, 0.4) is 0 Å². The molecule has 0 unspecified atom stereocenters. The molecule has 1 aliphatic carbocycles. The first-order valence-electron chi connectivity index (χ1n) is 8.12. The second-order valence-electron chi connectivity index (χ2n) is 6.16. The summed E-state index contributed by atoms with van der Waals surface area (Å²) >= 11 is 0. The van der Waals surface area contributed by atoms with Crippen LogP contribution in [-0.4, -0.2) is 23.9 Å². The number of rotatable bonds is 5. The van der Waals surface area contributed by atoms with Gasteiger partial charge in [0.15, 0.2) is 6.04 Å². The van der Waals surface area contributed by atoms with Gasteiger partial charge < -0.3 is 16.4 Å². The molecule has 1 atom stereocenters. The number of carbonyl (C=O) groups excluding carboxylic acids is 2. The molecule has 5 nitrogen and oxygen atoms in total. The number of anilines is 1. The maximum Gasteiger partial charge on any atom is 0.282 e. The first kappa shape index (κ1) is 16.5. The minimum Gasteiger partial charge on any atom is -0.366 e. The van der Waals surface area contributed by atoms with Crippen LogP contribution in [0.15, 0.2) is 24.3 Å². The second kappa shape index (κ2) is 7.94. The Bertz CT molecular complexity index is 505. The van der Waals surface area contributed by atoms with Crippen LogP contribution in [0.4, 0.5) is 5.69 Å². The van der Waals surface area contributed by atoms with Gasteiger partial charge in [-0.2, -0.15) is 0 Å². The maximum atomic E-state index is 12.3. The Morgan fingerprint density at radius 2 is 1.73 bits per heavy atom. The Kier molecular flexibility index (Phi) is 5.95. The molecule has 1 fully saturated rings. The van der Waals surface area contributed by atoms with Gasteiger partial charge in [0.25, 0.3) is 5.91 Å². The fourth-order valence-corrected chi connectivity index (χ4v) is 2.97. The van der Waals surface area contributed by atoms with E-state index in [-0.39, 0.29) is 11.9 Å². The van der Waals surface area contributed by atoms with Crippen molar-refractivity contribution < 1.29 is 14.9 Å². The van der Waals surface area contributed by atoms with Gasteiger partial charge in [-0.3, -0.25) is 9.59 Å². The Morgan fingerprint density at radius 1 is 1.14 bits per heavy atom. The number of benzene rings is 1. The molecule has 1 aliphatic rings. The van der Waals surface area contributed by atoms with E-state index in [0.717, 1.165) is 0 Å². The van der Waals surface area contributed by atoms with Gasteiger partial charge in [0.05, 0.1) is 6.04 Å². The highest BCUT2D eigenvalue weighted by molar-refractivity contribution is 5.95. The third kappa shape index (κ3) is 4.84. The molecule has 120 valence electrons. The first-order valence-corrected chi connectivity index (χ1v) is 8.12. The van der Waals surface area contributed by atoms with E-state index in [4.69, 9.17) is 5.73 Å². The van der Waals surface area contributed by atoms with Gasteiger partial charge in [-0.05, 0) is 56.9 Å². The number of nitrogens with two attached hydrogens (primary N) is 2. The average molecular weight is 304 g/mol. The number of primary amides is 1. The van der Waals surface area contributed by atoms with Gasteiger partial charge in [-0.25, -0.2) is 0 Å². The summed E-state index contributed by atoms with van der Waals surface area (Å²) in [7, 11) is 0. The van der Waals surface area contributed by atoms with Crippen LogP contribution in [0.25, 0.3) is 0 Å². The van der Waals surface area contributed by atoms with Crippen molar-refractivity contribution in [1.29, 1.82) is 0 Å². The SMILES string of the molecule is C[C@@H]([NH2+]C1CCCCCC1)C(=O)Nc1ccc(C(N)=O)cc1. The van der Waals surface area contributed by atoms with Gasteiger partial charge in [0.2, 0.25) is 5.91 Å². The molecule has 0 aliphatic heterocycles. The summed E-state index contributed by atoms with van der Waals surface area (Å²) < 4.78 is 0. The average Bonchev–Trinajstić information content (AvgIpc) is 2.76. The molecule has 5 N–H and O–H groups in total. The molecule has 2 amide bonds.